The number of pyridine rings is 1. The van der Waals surface area contributed by atoms with Gasteiger partial charge in [0.15, 0.2) is 0 Å². The third kappa shape index (κ3) is 2.99. The Labute approximate surface area is 131 Å². The van der Waals surface area contributed by atoms with Crippen molar-refractivity contribution in [2.75, 3.05) is 30.4 Å². The van der Waals surface area contributed by atoms with E-state index in [9.17, 15) is 0 Å². The van der Waals surface area contributed by atoms with Crippen molar-refractivity contribution in [2.24, 2.45) is 5.41 Å². The average Bonchev–Trinajstić information content (AvgIpc) is 2.48. The van der Waals surface area contributed by atoms with Crippen LogP contribution in [0.5, 0.6) is 0 Å². The minimum atomic E-state index is 0.501. The Bertz CT molecular complexity index is 462. The normalized spacial score (nSPS) is 18.1. The van der Waals surface area contributed by atoms with Gasteiger partial charge >= 0.3 is 0 Å². The van der Waals surface area contributed by atoms with Gasteiger partial charge in [-0.25, -0.2) is 4.98 Å². The summed E-state index contributed by atoms with van der Waals surface area (Å²) in [7, 11) is 1.82. The minimum absolute atomic E-state index is 0.501. The van der Waals surface area contributed by atoms with Gasteiger partial charge in [-0.1, -0.05) is 49.9 Å². The molecule has 1 N–H and O–H groups in total. The van der Waals surface area contributed by atoms with Crippen molar-refractivity contribution in [1.29, 1.82) is 0 Å². The van der Waals surface area contributed by atoms with Crippen molar-refractivity contribution in [3.05, 3.63) is 16.1 Å². The summed E-state index contributed by atoms with van der Waals surface area (Å²) in [4.78, 5) is 6.85. The molecular formula is C15H23Cl2N3. The lowest BCUT2D eigenvalue weighted by Crippen LogP contribution is -2.40. The van der Waals surface area contributed by atoms with E-state index in [1.54, 1.807) is 6.07 Å². The summed E-state index contributed by atoms with van der Waals surface area (Å²) in [6, 6.07) is 1.78. The molecule has 3 nitrogen and oxygen atoms in total. The Kier molecular flexibility index (Phi) is 5.03. The van der Waals surface area contributed by atoms with Crippen LogP contribution in [0.15, 0.2) is 6.07 Å². The second-order valence-corrected chi connectivity index (χ2v) is 6.38. The third-order valence-corrected chi connectivity index (χ3v) is 5.34. The number of piperidine rings is 1. The summed E-state index contributed by atoms with van der Waals surface area (Å²) >= 11 is 12.4. The fraction of sp³-hybridized carbons (Fsp3) is 0.667. The molecule has 1 fully saturated rings. The van der Waals surface area contributed by atoms with E-state index >= 15 is 0 Å². The maximum Gasteiger partial charge on any atom is 0.149 e. The number of rotatable bonds is 4. The zero-order valence-electron chi connectivity index (χ0n) is 12.5. The summed E-state index contributed by atoms with van der Waals surface area (Å²) in [5.74, 6) is 1.54. The van der Waals surface area contributed by atoms with E-state index in [0.29, 0.717) is 21.3 Å². The molecular weight excluding hydrogens is 293 g/mol. The molecule has 0 radical (unpaired) electrons. The fourth-order valence-electron chi connectivity index (χ4n) is 3.00. The molecule has 0 unspecified atom stereocenters. The van der Waals surface area contributed by atoms with E-state index in [1.807, 2.05) is 7.05 Å². The van der Waals surface area contributed by atoms with Gasteiger partial charge in [-0.15, -0.1) is 0 Å². The Morgan fingerprint density at radius 1 is 1.20 bits per heavy atom. The average molecular weight is 316 g/mol. The van der Waals surface area contributed by atoms with Crippen LogP contribution in [0.3, 0.4) is 0 Å². The van der Waals surface area contributed by atoms with E-state index in [1.165, 1.54) is 25.7 Å². The number of halogens is 2. The van der Waals surface area contributed by atoms with Gasteiger partial charge in [0.1, 0.15) is 11.6 Å². The lowest BCUT2D eigenvalue weighted by molar-refractivity contribution is 0.199. The summed E-state index contributed by atoms with van der Waals surface area (Å²) in [5.41, 5.74) is 0.501. The Morgan fingerprint density at radius 2 is 1.80 bits per heavy atom. The molecule has 2 heterocycles. The molecule has 2 rings (SSSR count). The Balaban J connectivity index is 2.18. The highest BCUT2D eigenvalue weighted by atomic mass is 35.5. The van der Waals surface area contributed by atoms with Crippen LogP contribution in [0.1, 0.15) is 39.5 Å². The molecule has 0 bridgehead atoms. The van der Waals surface area contributed by atoms with Gasteiger partial charge in [-0.2, -0.15) is 0 Å². The lowest BCUT2D eigenvalue weighted by atomic mass is 9.74. The summed E-state index contributed by atoms with van der Waals surface area (Å²) in [6.07, 6.45) is 4.91. The molecule has 1 aliphatic rings. The van der Waals surface area contributed by atoms with Crippen LogP contribution in [0.4, 0.5) is 11.6 Å². The molecule has 5 heteroatoms. The SMILES string of the molecule is CCC1(CC)CCN(c2nc(NC)c(Cl)cc2Cl)CC1. The van der Waals surface area contributed by atoms with Crippen molar-refractivity contribution < 1.29 is 0 Å². The van der Waals surface area contributed by atoms with E-state index in [0.717, 1.165) is 18.9 Å². The fourth-order valence-corrected chi connectivity index (χ4v) is 3.58. The van der Waals surface area contributed by atoms with Crippen molar-refractivity contribution in [3.63, 3.8) is 0 Å². The van der Waals surface area contributed by atoms with Crippen LogP contribution < -0.4 is 10.2 Å². The predicted octanol–water partition coefficient (Wildman–Crippen LogP) is 4.84. The van der Waals surface area contributed by atoms with E-state index < -0.39 is 0 Å². The molecule has 0 saturated carbocycles. The van der Waals surface area contributed by atoms with Crippen LogP contribution in [0, 0.1) is 5.41 Å². The summed E-state index contributed by atoms with van der Waals surface area (Å²) < 4.78 is 0. The molecule has 0 aromatic carbocycles. The largest absolute Gasteiger partial charge is 0.372 e. The lowest BCUT2D eigenvalue weighted by Gasteiger charge is -2.41. The zero-order valence-corrected chi connectivity index (χ0v) is 14.0. The smallest absolute Gasteiger partial charge is 0.149 e. The molecule has 0 spiro atoms. The predicted molar refractivity (Wildman–Crippen MR) is 88.3 cm³/mol. The standard InChI is InChI=1S/C15H23Cl2N3/c1-4-15(5-2)6-8-20(9-7-15)14-12(17)10-11(16)13(18-3)19-14/h10H,4-9H2,1-3H3,(H,18,19). The van der Waals surface area contributed by atoms with Crippen LogP contribution in [-0.2, 0) is 0 Å². The van der Waals surface area contributed by atoms with Gasteiger partial charge in [0, 0.05) is 20.1 Å². The number of hydrogen-bond donors (Lipinski definition) is 1. The van der Waals surface area contributed by atoms with Crippen molar-refractivity contribution in [3.8, 4) is 0 Å². The van der Waals surface area contributed by atoms with Crippen LogP contribution in [-0.4, -0.2) is 25.1 Å². The number of hydrogen-bond acceptors (Lipinski definition) is 3. The van der Waals surface area contributed by atoms with E-state index in [-0.39, 0.29) is 0 Å². The van der Waals surface area contributed by atoms with E-state index in [4.69, 9.17) is 23.2 Å². The Hall–Kier alpha value is -0.670. The monoisotopic (exact) mass is 315 g/mol. The second kappa shape index (κ2) is 6.40. The first-order chi connectivity index (χ1) is 9.55. The molecule has 1 saturated heterocycles. The second-order valence-electron chi connectivity index (χ2n) is 5.57. The van der Waals surface area contributed by atoms with Crippen molar-refractivity contribution in [1.82, 2.24) is 4.98 Å². The van der Waals surface area contributed by atoms with E-state index in [2.05, 4.69) is 29.0 Å². The maximum atomic E-state index is 6.31. The minimum Gasteiger partial charge on any atom is -0.372 e. The molecule has 112 valence electrons. The molecule has 1 aromatic rings. The first-order valence-corrected chi connectivity index (χ1v) is 8.09. The van der Waals surface area contributed by atoms with Crippen LogP contribution >= 0.6 is 23.2 Å². The van der Waals surface area contributed by atoms with Gasteiger partial charge in [0.2, 0.25) is 0 Å². The third-order valence-electron chi connectivity index (χ3n) is 4.77. The van der Waals surface area contributed by atoms with Crippen molar-refractivity contribution in [2.45, 2.75) is 39.5 Å². The molecule has 0 atom stereocenters. The molecule has 0 aliphatic carbocycles. The van der Waals surface area contributed by atoms with Crippen molar-refractivity contribution >= 4 is 34.8 Å². The number of nitrogens with zero attached hydrogens (tertiary/aromatic N) is 2. The molecule has 0 amide bonds. The highest BCUT2D eigenvalue weighted by molar-refractivity contribution is 6.37. The zero-order chi connectivity index (χ0) is 14.8. The number of aromatic nitrogens is 1. The quantitative estimate of drug-likeness (QED) is 0.862. The molecule has 1 aromatic heterocycles. The van der Waals surface area contributed by atoms with Gasteiger partial charge in [-0.3, -0.25) is 0 Å². The first-order valence-electron chi connectivity index (χ1n) is 7.34. The number of anilines is 2. The summed E-state index contributed by atoms with van der Waals surface area (Å²) in [6.45, 7) is 6.62. The van der Waals surface area contributed by atoms with Crippen LogP contribution in [0.25, 0.3) is 0 Å². The highest BCUT2D eigenvalue weighted by Crippen LogP contribution is 2.40. The maximum absolute atomic E-state index is 6.31. The molecule has 20 heavy (non-hydrogen) atoms. The summed E-state index contributed by atoms with van der Waals surface area (Å²) in [5, 5.41) is 4.21. The Morgan fingerprint density at radius 3 is 2.30 bits per heavy atom. The van der Waals surface area contributed by atoms with Gasteiger partial charge in [0.25, 0.3) is 0 Å². The topological polar surface area (TPSA) is 28.2 Å². The van der Waals surface area contributed by atoms with Gasteiger partial charge < -0.3 is 10.2 Å². The number of nitrogens with one attached hydrogen (secondary N) is 1. The van der Waals surface area contributed by atoms with Crippen LogP contribution in [0.2, 0.25) is 10.0 Å². The highest BCUT2D eigenvalue weighted by Gasteiger charge is 2.32. The van der Waals surface area contributed by atoms with Gasteiger partial charge in [0.05, 0.1) is 10.0 Å². The van der Waals surface area contributed by atoms with Gasteiger partial charge in [-0.05, 0) is 24.3 Å². The first kappa shape index (κ1) is 15.7. The molecule has 1 aliphatic heterocycles.